The Balaban J connectivity index is 2.40. The normalized spacial score (nSPS) is 10.7. The number of hydrogen-bond donors (Lipinski definition) is 2. The maximum absolute atomic E-state index is 11.5. The van der Waals surface area contributed by atoms with E-state index in [0.29, 0.717) is 6.54 Å². The van der Waals surface area contributed by atoms with E-state index in [1.165, 1.54) is 0 Å². The summed E-state index contributed by atoms with van der Waals surface area (Å²) < 4.78 is 2.03. The van der Waals surface area contributed by atoms with Crippen LogP contribution < -0.4 is 15.5 Å². The molecule has 0 atom stereocenters. The molecule has 0 unspecified atom stereocenters. The van der Waals surface area contributed by atoms with Crippen molar-refractivity contribution >= 4 is 17.4 Å². The summed E-state index contributed by atoms with van der Waals surface area (Å²) >= 11 is 0. The second-order valence-corrected chi connectivity index (χ2v) is 4.37. The number of aromatic nitrogens is 2. The molecule has 2 aromatic heterocycles. The summed E-state index contributed by atoms with van der Waals surface area (Å²) in [7, 11) is 5.40. The summed E-state index contributed by atoms with van der Waals surface area (Å²) in [4.78, 5) is 17.9. The van der Waals surface area contributed by atoms with Crippen molar-refractivity contribution in [2.75, 3.05) is 32.6 Å². The van der Waals surface area contributed by atoms with Crippen LogP contribution in [0.4, 0.5) is 5.82 Å². The van der Waals surface area contributed by atoms with Crippen molar-refractivity contribution in [3.05, 3.63) is 30.1 Å². The number of amides is 1. The van der Waals surface area contributed by atoms with Gasteiger partial charge in [0.05, 0.1) is 12.2 Å². The van der Waals surface area contributed by atoms with Gasteiger partial charge in [-0.15, -0.1) is 0 Å². The molecule has 0 aliphatic carbocycles. The Morgan fingerprint density at radius 3 is 2.89 bits per heavy atom. The van der Waals surface area contributed by atoms with Crippen molar-refractivity contribution in [3.63, 3.8) is 0 Å². The van der Waals surface area contributed by atoms with E-state index < -0.39 is 0 Å². The van der Waals surface area contributed by atoms with Gasteiger partial charge >= 0.3 is 0 Å². The highest BCUT2D eigenvalue weighted by Gasteiger charge is 2.16. The first-order chi connectivity index (χ1) is 9.17. The molecule has 19 heavy (non-hydrogen) atoms. The SMILES string of the molecule is CNCc1c(N(C)CC(=O)NC)nc2ccccn12. The molecule has 0 saturated heterocycles. The summed E-state index contributed by atoms with van der Waals surface area (Å²) in [6, 6.07) is 5.88. The number of nitrogens with one attached hydrogen (secondary N) is 2. The molecule has 0 aromatic carbocycles. The molecule has 0 saturated carbocycles. The van der Waals surface area contributed by atoms with Crippen molar-refractivity contribution in [1.82, 2.24) is 20.0 Å². The van der Waals surface area contributed by atoms with Crippen LogP contribution in [0.1, 0.15) is 5.69 Å². The first-order valence-electron chi connectivity index (χ1n) is 6.19. The number of nitrogens with zero attached hydrogens (tertiary/aromatic N) is 3. The van der Waals surface area contributed by atoms with Crippen molar-refractivity contribution in [1.29, 1.82) is 0 Å². The molecule has 2 aromatic rings. The Labute approximate surface area is 112 Å². The first-order valence-corrected chi connectivity index (χ1v) is 6.19. The second-order valence-electron chi connectivity index (χ2n) is 4.37. The van der Waals surface area contributed by atoms with Crippen molar-refractivity contribution < 1.29 is 4.79 Å². The number of hydrogen-bond acceptors (Lipinski definition) is 4. The molecule has 0 radical (unpaired) electrons. The highest BCUT2D eigenvalue weighted by molar-refractivity contribution is 5.81. The molecule has 0 aliphatic rings. The topological polar surface area (TPSA) is 61.7 Å². The van der Waals surface area contributed by atoms with E-state index in [0.717, 1.165) is 17.2 Å². The van der Waals surface area contributed by atoms with E-state index in [1.807, 2.05) is 47.8 Å². The van der Waals surface area contributed by atoms with Gasteiger partial charge in [0.1, 0.15) is 5.65 Å². The molecule has 2 heterocycles. The molecule has 1 amide bonds. The van der Waals surface area contributed by atoms with Gasteiger partial charge in [0.15, 0.2) is 5.82 Å². The fourth-order valence-electron chi connectivity index (χ4n) is 2.04. The van der Waals surface area contributed by atoms with Crippen LogP contribution in [0.15, 0.2) is 24.4 Å². The molecule has 2 N–H and O–H groups in total. The standard InChI is InChI=1S/C13H19N5O/c1-14-8-10-13(17(3)9-12(19)15-2)16-11-6-4-5-7-18(10)11/h4-7,14H,8-9H2,1-3H3,(H,15,19). The molecule has 102 valence electrons. The highest BCUT2D eigenvalue weighted by atomic mass is 16.1. The van der Waals surface area contributed by atoms with Crippen LogP contribution in [0.3, 0.4) is 0 Å². The second kappa shape index (κ2) is 5.71. The van der Waals surface area contributed by atoms with Crippen LogP contribution in [-0.4, -0.2) is 43.0 Å². The van der Waals surface area contributed by atoms with E-state index >= 15 is 0 Å². The fourth-order valence-corrected chi connectivity index (χ4v) is 2.04. The lowest BCUT2D eigenvalue weighted by molar-refractivity contribution is -0.119. The molecule has 0 spiro atoms. The van der Waals surface area contributed by atoms with Crippen molar-refractivity contribution in [2.24, 2.45) is 0 Å². The number of imidazole rings is 1. The lowest BCUT2D eigenvalue weighted by Gasteiger charge is -2.17. The molecule has 2 rings (SSSR count). The van der Waals surface area contributed by atoms with Gasteiger partial charge in [0.2, 0.25) is 5.91 Å². The van der Waals surface area contributed by atoms with Crippen LogP contribution in [0.5, 0.6) is 0 Å². The van der Waals surface area contributed by atoms with Gasteiger partial charge in [-0.1, -0.05) is 6.07 Å². The zero-order valence-corrected chi connectivity index (χ0v) is 11.5. The van der Waals surface area contributed by atoms with Gasteiger partial charge in [-0.3, -0.25) is 4.79 Å². The average Bonchev–Trinajstić information content (AvgIpc) is 2.78. The minimum Gasteiger partial charge on any atom is -0.358 e. The Morgan fingerprint density at radius 2 is 2.21 bits per heavy atom. The predicted molar refractivity (Wildman–Crippen MR) is 75.3 cm³/mol. The molecule has 6 heteroatoms. The Bertz CT molecular complexity index is 577. The van der Waals surface area contributed by atoms with Gasteiger partial charge in [-0.2, -0.15) is 0 Å². The van der Waals surface area contributed by atoms with E-state index in [4.69, 9.17) is 0 Å². The lowest BCUT2D eigenvalue weighted by Crippen LogP contribution is -2.33. The summed E-state index contributed by atoms with van der Waals surface area (Å²) in [5, 5.41) is 5.76. The fraction of sp³-hybridized carbons (Fsp3) is 0.385. The lowest BCUT2D eigenvalue weighted by atomic mass is 10.3. The molecule has 0 fully saturated rings. The van der Waals surface area contributed by atoms with Gasteiger partial charge in [0, 0.05) is 26.8 Å². The number of fused-ring (bicyclic) bond motifs is 1. The number of carbonyl (C=O) groups excluding carboxylic acids is 1. The molecular weight excluding hydrogens is 242 g/mol. The van der Waals surface area contributed by atoms with Gasteiger partial charge < -0.3 is 19.9 Å². The Kier molecular flexibility index (Phi) is 4.01. The minimum atomic E-state index is -0.0324. The van der Waals surface area contributed by atoms with Gasteiger partial charge in [-0.25, -0.2) is 4.98 Å². The number of anilines is 1. The van der Waals surface area contributed by atoms with Crippen LogP contribution >= 0.6 is 0 Å². The third kappa shape index (κ3) is 2.68. The van der Waals surface area contributed by atoms with E-state index in [1.54, 1.807) is 7.05 Å². The van der Waals surface area contributed by atoms with Crippen LogP contribution in [0, 0.1) is 0 Å². The van der Waals surface area contributed by atoms with Crippen LogP contribution in [0.25, 0.3) is 5.65 Å². The summed E-state index contributed by atoms with van der Waals surface area (Å²) in [5.74, 6) is 0.791. The zero-order valence-electron chi connectivity index (χ0n) is 11.5. The summed E-state index contributed by atoms with van der Waals surface area (Å²) in [5.41, 5.74) is 1.93. The minimum absolute atomic E-state index is 0.0324. The Hall–Kier alpha value is -2.08. The van der Waals surface area contributed by atoms with Crippen molar-refractivity contribution in [2.45, 2.75) is 6.54 Å². The third-order valence-electron chi connectivity index (χ3n) is 2.97. The van der Waals surface area contributed by atoms with Crippen LogP contribution in [-0.2, 0) is 11.3 Å². The number of rotatable bonds is 5. The molecular formula is C13H19N5O. The van der Waals surface area contributed by atoms with Gasteiger partial charge in [-0.05, 0) is 19.2 Å². The summed E-state index contributed by atoms with van der Waals surface area (Å²) in [6.45, 7) is 0.982. The highest BCUT2D eigenvalue weighted by Crippen LogP contribution is 2.20. The molecule has 6 nitrogen and oxygen atoms in total. The maximum atomic E-state index is 11.5. The summed E-state index contributed by atoms with van der Waals surface area (Å²) in [6.07, 6.45) is 1.98. The predicted octanol–water partition coefficient (Wildman–Crippen LogP) is 0.236. The van der Waals surface area contributed by atoms with Gasteiger partial charge in [0.25, 0.3) is 0 Å². The van der Waals surface area contributed by atoms with E-state index in [-0.39, 0.29) is 12.5 Å². The monoisotopic (exact) mass is 261 g/mol. The van der Waals surface area contributed by atoms with E-state index in [2.05, 4.69) is 15.6 Å². The molecule has 0 bridgehead atoms. The quantitative estimate of drug-likeness (QED) is 0.809. The molecule has 0 aliphatic heterocycles. The zero-order chi connectivity index (χ0) is 13.8. The Morgan fingerprint density at radius 1 is 1.42 bits per heavy atom. The maximum Gasteiger partial charge on any atom is 0.239 e. The average molecular weight is 261 g/mol. The van der Waals surface area contributed by atoms with E-state index in [9.17, 15) is 4.79 Å². The largest absolute Gasteiger partial charge is 0.358 e. The third-order valence-corrected chi connectivity index (χ3v) is 2.97. The first kappa shape index (κ1) is 13.4. The number of likely N-dealkylation sites (N-methyl/N-ethyl adjacent to an activating group) is 2. The van der Waals surface area contributed by atoms with Crippen LogP contribution in [0.2, 0.25) is 0 Å². The number of carbonyl (C=O) groups is 1. The van der Waals surface area contributed by atoms with Crippen molar-refractivity contribution in [3.8, 4) is 0 Å². The smallest absolute Gasteiger partial charge is 0.239 e. The number of pyridine rings is 1.